The number of hydrogen-bond donors (Lipinski definition) is 1. The first-order chi connectivity index (χ1) is 14.8. The van der Waals surface area contributed by atoms with E-state index >= 15 is 0 Å². The van der Waals surface area contributed by atoms with Gasteiger partial charge >= 0.3 is 0 Å². The molecule has 0 radical (unpaired) electrons. The molecule has 0 saturated carbocycles. The molecule has 156 valence electrons. The van der Waals surface area contributed by atoms with Gasteiger partial charge in [-0.25, -0.2) is 9.29 Å². The number of carbonyl (C=O) groups is 2. The molecule has 6 heteroatoms. The first kappa shape index (κ1) is 20.8. The Kier molecular flexibility index (Phi) is 5.38. The minimum absolute atomic E-state index is 0.126. The second kappa shape index (κ2) is 8.00. The van der Waals surface area contributed by atoms with E-state index in [1.54, 1.807) is 12.1 Å². The summed E-state index contributed by atoms with van der Waals surface area (Å²) in [5.74, 6) is -1.59. The van der Waals surface area contributed by atoms with E-state index in [-0.39, 0.29) is 17.0 Å². The van der Waals surface area contributed by atoms with Crippen LogP contribution in [0.15, 0.2) is 66.4 Å². The Hall–Kier alpha value is -3.44. The number of aryl methyl sites for hydroxylation is 3. The van der Waals surface area contributed by atoms with Crippen LogP contribution in [0.5, 0.6) is 0 Å². The number of carbonyl (C=O) groups excluding carboxylic acids is 2. The van der Waals surface area contributed by atoms with Gasteiger partial charge in [0.05, 0.1) is 11.3 Å². The van der Waals surface area contributed by atoms with Gasteiger partial charge in [-0.3, -0.25) is 9.59 Å². The Balaban J connectivity index is 1.87. The quantitative estimate of drug-likeness (QED) is 0.528. The molecule has 1 aliphatic rings. The second-order valence-electron chi connectivity index (χ2n) is 7.58. The fourth-order valence-electron chi connectivity index (χ4n) is 3.65. The van der Waals surface area contributed by atoms with Crippen LogP contribution >= 0.6 is 11.6 Å². The van der Waals surface area contributed by atoms with Crippen molar-refractivity contribution in [2.75, 3.05) is 10.2 Å². The molecule has 0 saturated heterocycles. The van der Waals surface area contributed by atoms with Crippen LogP contribution in [0.4, 0.5) is 15.8 Å². The molecular weight excluding hydrogens is 415 g/mol. The maximum atomic E-state index is 13.8. The molecule has 0 fully saturated rings. The number of nitrogens with one attached hydrogen (secondary N) is 1. The predicted octanol–water partition coefficient (Wildman–Crippen LogP) is 5.80. The molecule has 0 atom stereocenters. The molecule has 1 heterocycles. The van der Waals surface area contributed by atoms with Crippen molar-refractivity contribution in [3.8, 4) is 0 Å². The molecular formula is C25H20ClFN2O2. The number of hydrogen-bond acceptors (Lipinski definition) is 3. The summed E-state index contributed by atoms with van der Waals surface area (Å²) in [6.45, 7) is 5.72. The number of imide groups is 1. The van der Waals surface area contributed by atoms with E-state index in [1.165, 1.54) is 24.3 Å². The highest BCUT2D eigenvalue weighted by Gasteiger charge is 2.40. The maximum Gasteiger partial charge on any atom is 0.282 e. The van der Waals surface area contributed by atoms with Crippen molar-refractivity contribution in [3.63, 3.8) is 0 Å². The smallest absolute Gasteiger partial charge is 0.282 e. The lowest BCUT2D eigenvalue weighted by Gasteiger charge is -2.15. The average Bonchev–Trinajstić information content (AvgIpc) is 2.95. The minimum Gasteiger partial charge on any atom is -0.350 e. The SMILES string of the molecule is Cc1ccc(C2=C(Nc3ccc(C)c(Cl)c3)C(=O)N(c3cccc(F)c3)C2=O)c(C)c1. The van der Waals surface area contributed by atoms with E-state index < -0.39 is 17.6 Å². The van der Waals surface area contributed by atoms with E-state index in [0.717, 1.165) is 21.6 Å². The van der Waals surface area contributed by atoms with Gasteiger partial charge in [0.1, 0.15) is 11.5 Å². The third-order valence-corrected chi connectivity index (χ3v) is 5.65. The number of benzene rings is 3. The molecule has 3 aromatic rings. The zero-order valence-corrected chi connectivity index (χ0v) is 18.0. The summed E-state index contributed by atoms with van der Waals surface area (Å²) in [7, 11) is 0. The molecule has 0 unspecified atom stereocenters. The van der Waals surface area contributed by atoms with Crippen LogP contribution in [0.25, 0.3) is 5.57 Å². The molecule has 3 aromatic carbocycles. The number of nitrogens with zero attached hydrogens (tertiary/aromatic N) is 1. The summed E-state index contributed by atoms with van der Waals surface area (Å²) in [4.78, 5) is 27.8. The Morgan fingerprint density at radius 2 is 1.65 bits per heavy atom. The zero-order chi connectivity index (χ0) is 22.3. The lowest BCUT2D eigenvalue weighted by Crippen LogP contribution is -2.32. The van der Waals surface area contributed by atoms with Crippen molar-refractivity contribution in [1.82, 2.24) is 0 Å². The molecule has 0 aromatic heterocycles. The third-order valence-electron chi connectivity index (χ3n) is 5.24. The molecule has 1 N–H and O–H groups in total. The molecule has 0 bridgehead atoms. The summed E-state index contributed by atoms with van der Waals surface area (Å²) in [6, 6.07) is 16.4. The average molecular weight is 435 g/mol. The molecule has 4 nitrogen and oxygen atoms in total. The monoisotopic (exact) mass is 434 g/mol. The Bertz CT molecular complexity index is 1270. The number of halogens is 2. The molecule has 0 aliphatic carbocycles. The van der Waals surface area contributed by atoms with E-state index in [4.69, 9.17) is 11.6 Å². The first-order valence-corrected chi connectivity index (χ1v) is 10.1. The van der Waals surface area contributed by atoms with Crippen molar-refractivity contribution >= 4 is 40.4 Å². The van der Waals surface area contributed by atoms with E-state index in [1.807, 2.05) is 45.0 Å². The van der Waals surface area contributed by atoms with Gasteiger partial charge in [-0.2, -0.15) is 0 Å². The van der Waals surface area contributed by atoms with Gasteiger partial charge in [-0.1, -0.05) is 47.5 Å². The number of amides is 2. The topological polar surface area (TPSA) is 49.4 Å². The summed E-state index contributed by atoms with van der Waals surface area (Å²) in [6.07, 6.45) is 0. The summed E-state index contributed by atoms with van der Waals surface area (Å²) >= 11 is 6.24. The van der Waals surface area contributed by atoms with Crippen molar-refractivity contribution in [3.05, 3.63) is 99.5 Å². The highest BCUT2D eigenvalue weighted by molar-refractivity contribution is 6.46. The Morgan fingerprint density at radius 1 is 0.871 bits per heavy atom. The first-order valence-electron chi connectivity index (χ1n) is 9.75. The van der Waals surface area contributed by atoms with Crippen LogP contribution in [0.2, 0.25) is 5.02 Å². The standard InChI is InChI=1S/C25H20ClFN2O2/c1-14-7-10-20(16(3)11-14)22-23(28-18-9-8-15(2)21(26)13-18)25(31)29(24(22)30)19-6-4-5-17(27)12-19/h4-13,28H,1-3H3. The van der Waals surface area contributed by atoms with Gasteiger partial charge in [0.2, 0.25) is 0 Å². The Morgan fingerprint density at radius 3 is 2.32 bits per heavy atom. The van der Waals surface area contributed by atoms with Gasteiger partial charge < -0.3 is 5.32 Å². The molecule has 1 aliphatic heterocycles. The van der Waals surface area contributed by atoms with Crippen molar-refractivity contribution in [2.45, 2.75) is 20.8 Å². The van der Waals surface area contributed by atoms with Gasteiger partial charge in [0, 0.05) is 10.7 Å². The van der Waals surface area contributed by atoms with Crippen LogP contribution in [0.1, 0.15) is 22.3 Å². The lowest BCUT2D eigenvalue weighted by atomic mass is 9.97. The molecule has 0 spiro atoms. The zero-order valence-electron chi connectivity index (χ0n) is 17.3. The van der Waals surface area contributed by atoms with Crippen molar-refractivity contribution < 1.29 is 14.0 Å². The summed E-state index contributed by atoms with van der Waals surface area (Å²) < 4.78 is 13.8. The largest absolute Gasteiger partial charge is 0.350 e. The van der Waals surface area contributed by atoms with E-state index in [0.29, 0.717) is 16.3 Å². The van der Waals surface area contributed by atoms with Crippen LogP contribution in [0, 0.1) is 26.6 Å². The van der Waals surface area contributed by atoms with Crippen molar-refractivity contribution in [1.29, 1.82) is 0 Å². The van der Waals surface area contributed by atoms with Gasteiger partial charge in [0.15, 0.2) is 0 Å². The van der Waals surface area contributed by atoms with Gasteiger partial charge in [0.25, 0.3) is 11.8 Å². The fourth-order valence-corrected chi connectivity index (χ4v) is 3.83. The molecule has 2 amide bonds. The highest BCUT2D eigenvalue weighted by Crippen LogP contribution is 2.35. The van der Waals surface area contributed by atoms with Crippen LogP contribution < -0.4 is 10.2 Å². The summed E-state index contributed by atoms with van der Waals surface area (Å²) in [5.41, 5.74) is 4.56. The third kappa shape index (κ3) is 3.84. The maximum absolute atomic E-state index is 13.8. The fraction of sp³-hybridized carbons (Fsp3) is 0.120. The normalized spacial score (nSPS) is 13.9. The van der Waals surface area contributed by atoms with E-state index in [2.05, 4.69) is 5.32 Å². The Labute approximate surface area is 185 Å². The van der Waals surface area contributed by atoms with Gasteiger partial charge in [-0.05, 0) is 67.8 Å². The number of anilines is 2. The van der Waals surface area contributed by atoms with Crippen LogP contribution in [-0.2, 0) is 9.59 Å². The molecule has 4 rings (SSSR count). The van der Waals surface area contributed by atoms with Crippen LogP contribution in [0.3, 0.4) is 0 Å². The highest BCUT2D eigenvalue weighted by atomic mass is 35.5. The minimum atomic E-state index is -0.553. The van der Waals surface area contributed by atoms with Gasteiger partial charge in [-0.15, -0.1) is 0 Å². The lowest BCUT2D eigenvalue weighted by molar-refractivity contribution is -0.120. The van der Waals surface area contributed by atoms with Crippen molar-refractivity contribution in [2.24, 2.45) is 0 Å². The summed E-state index contributed by atoms with van der Waals surface area (Å²) in [5, 5.41) is 3.62. The van der Waals surface area contributed by atoms with E-state index in [9.17, 15) is 14.0 Å². The molecule has 31 heavy (non-hydrogen) atoms. The second-order valence-corrected chi connectivity index (χ2v) is 7.99. The van der Waals surface area contributed by atoms with Crippen LogP contribution in [-0.4, -0.2) is 11.8 Å². The predicted molar refractivity (Wildman–Crippen MR) is 122 cm³/mol. The number of rotatable bonds is 4.